The second kappa shape index (κ2) is 4.31. The van der Waals surface area contributed by atoms with Crippen molar-refractivity contribution in [3.63, 3.8) is 0 Å². The summed E-state index contributed by atoms with van der Waals surface area (Å²) in [5.41, 5.74) is 0.785. The highest BCUT2D eigenvalue weighted by molar-refractivity contribution is 6.09. The molecule has 21 heavy (non-hydrogen) atoms. The molecule has 0 radical (unpaired) electrons. The molecule has 1 saturated heterocycles. The zero-order valence-electron chi connectivity index (χ0n) is 10.9. The largest absolute Gasteiger partial charge is 0.480 e. The van der Waals surface area contributed by atoms with Crippen molar-refractivity contribution in [1.29, 1.82) is 5.26 Å². The van der Waals surface area contributed by atoms with Gasteiger partial charge in [0.1, 0.15) is 12.1 Å². The molecule has 1 unspecified atom stereocenters. The number of benzene rings is 1. The van der Waals surface area contributed by atoms with Crippen molar-refractivity contribution >= 4 is 17.9 Å². The summed E-state index contributed by atoms with van der Waals surface area (Å²) in [6.07, 6.45) is 0.926. The number of fused-ring (bicyclic) bond motifs is 2. The van der Waals surface area contributed by atoms with Crippen LogP contribution in [0.1, 0.15) is 23.1 Å². The van der Waals surface area contributed by atoms with Crippen LogP contribution in [0.2, 0.25) is 0 Å². The summed E-state index contributed by atoms with van der Waals surface area (Å²) in [4.78, 5) is 35.9. The summed E-state index contributed by atoms with van der Waals surface area (Å²) in [7, 11) is 0. The van der Waals surface area contributed by atoms with E-state index in [-0.39, 0.29) is 0 Å². The Bertz CT molecular complexity index is 721. The molecule has 1 aliphatic carbocycles. The Labute approximate surface area is 119 Å². The van der Waals surface area contributed by atoms with Crippen LogP contribution in [0, 0.1) is 11.3 Å². The van der Waals surface area contributed by atoms with E-state index >= 15 is 0 Å². The molecule has 106 valence electrons. The predicted molar refractivity (Wildman–Crippen MR) is 69.0 cm³/mol. The number of aryl methyl sites for hydroxylation is 1. The van der Waals surface area contributed by atoms with Crippen LogP contribution in [-0.2, 0) is 21.5 Å². The zero-order chi connectivity index (χ0) is 15.2. The van der Waals surface area contributed by atoms with Crippen molar-refractivity contribution in [3.8, 4) is 6.07 Å². The van der Waals surface area contributed by atoms with E-state index in [1.165, 1.54) is 0 Å². The summed E-state index contributed by atoms with van der Waals surface area (Å²) in [5, 5.41) is 20.3. The molecule has 1 aliphatic heterocycles. The van der Waals surface area contributed by atoms with E-state index in [1.807, 2.05) is 6.07 Å². The average molecular weight is 285 g/mol. The van der Waals surface area contributed by atoms with Crippen molar-refractivity contribution in [3.05, 3.63) is 34.9 Å². The fourth-order valence-corrected chi connectivity index (χ4v) is 3.00. The van der Waals surface area contributed by atoms with Crippen molar-refractivity contribution in [1.82, 2.24) is 10.2 Å². The Morgan fingerprint density at radius 2 is 2.24 bits per heavy atom. The molecule has 1 heterocycles. The normalized spacial score (nSPS) is 23.1. The minimum atomic E-state index is -1.24. The third-order valence-electron chi connectivity index (χ3n) is 3.93. The SMILES string of the molecule is N#Cc1ccc2c(c1)CCC21NC(=O)N(CC(=O)O)C1=O. The molecule has 2 N–H and O–H groups in total. The van der Waals surface area contributed by atoms with Crippen LogP contribution in [0.4, 0.5) is 4.79 Å². The summed E-state index contributed by atoms with van der Waals surface area (Å²) in [6, 6.07) is 6.28. The molecule has 2 aliphatic rings. The van der Waals surface area contributed by atoms with Crippen LogP contribution in [0.5, 0.6) is 0 Å². The van der Waals surface area contributed by atoms with Crippen LogP contribution in [0.3, 0.4) is 0 Å². The number of nitrogens with zero attached hydrogens (tertiary/aromatic N) is 2. The molecule has 1 fully saturated rings. The third-order valence-corrected chi connectivity index (χ3v) is 3.93. The lowest BCUT2D eigenvalue weighted by Gasteiger charge is -2.22. The number of carbonyl (C=O) groups is 3. The maximum atomic E-state index is 12.5. The first-order chi connectivity index (χ1) is 9.98. The second-order valence-electron chi connectivity index (χ2n) is 5.10. The first kappa shape index (κ1) is 13.1. The molecule has 0 aromatic heterocycles. The number of carboxylic acids is 1. The van der Waals surface area contributed by atoms with E-state index in [4.69, 9.17) is 10.4 Å². The molecule has 0 saturated carbocycles. The Balaban J connectivity index is 2.03. The first-order valence-corrected chi connectivity index (χ1v) is 6.37. The summed E-state index contributed by atoms with van der Waals surface area (Å²) in [6.45, 7) is -0.655. The molecule has 1 atom stereocenters. The second-order valence-corrected chi connectivity index (χ2v) is 5.10. The van der Waals surface area contributed by atoms with E-state index in [1.54, 1.807) is 18.2 Å². The predicted octanol–water partition coefficient (Wildman–Crippen LogP) is 0.336. The van der Waals surface area contributed by atoms with Gasteiger partial charge in [-0.15, -0.1) is 0 Å². The van der Waals surface area contributed by atoms with E-state index in [2.05, 4.69) is 5.32 Å². The maximum absolute atomic E-state index is 12.5. The molecule has 0 bridgehead atoms. The molecular weight excluding hydrogens is 274 g/mol. The fourth-order valence-electron chi connectivity index (χ4n) is 3.00. The van der Waals surface area contributed by atoms with Gasteiger partial charge in [0.2, 0.25) is 0 Å². The van der Waals surface area contributed by atoms with Crippen molar-refractivity contribution in [2.45, 2.75) is 18.4 Å². The van der Waals surface area contributed by atoms with Crippen LogP contribution in [-0.4, -0.2) is 34.5 Å². The molecule has 7 nitrogen and oxygen atoms in total. The third kappa shape index (κ3) is 1.76. The van der Waals surface area contributed by atoms with Crippen molar-refractivity contribution in [2.75, 3.05) is 6.54 Å². The molecule has 3 amide bonds. The minimum absolute atomic E-state index is 0.373. The quantitative estimate of drug-likeness (QED) is 0.761. The minimum Gasteiger partial charge on any atom is -0.480 e. The topological polar surface area (TPSA) is 110 Å². The molecule has 1 spiro atoms. The number of rotatable bonds is 2. The number of nitrogens with one attached hydrogen (secondary N) is 1. The standard InChI is InChI=1S/C14H11N3O4/c15-6-8-1-2-10-9(5-8)3-4-14(10)12(20)17(7-11(18)19)13(21)16-14/h1-2,5H,3-4,7H2,(H,16,21)(H,18,19). The van der Waals surface area contributed by atoms with E-state index in [9.17, 15) is 14.4 Å². The highest BCUT2D eigenvalue weighted by Crippen LogP contribution is 2.41. The van der Waals surface area contributed by atoms with Gasteiger partial charge in [0.05, 0.1) is 11.6 Å². The molecule has 1 aromatic carbocycles. The number of urea groups is 1. The zero-order valence-corrected chi connectivity index (χ0v) is 10.9. The first-order valence-electron chi connectivity index (χ1n) is 6.37. The van der Waals surface area contributed by atoms with Gasteiger partial charge in [-0.1, -0.05) is 6.07 Å². The Morgan fingerprint density at radius 3 is 2.90 bits per heavy atom. The van der Waals surface area contributed by atoms with Gasteiger partial charge in [-0.2, -0.15) is 5.26 Å². The highest BCUT2D eigenvalue weighted by Gasteiger charge is 2.55. The van der Waals surface area contributed by atoms with Crippen LogP contribution in [0.25, 0.3) is 0 Å². The monoisotopic (exact) mass is 285 g/mol. The van der Waals surface area contributed by atoms with Crippen LogP contribution >= 0.6 is 0 Å². The molecular formula is C14H11N3O4. The molecule has 3 rings (SSSR count). The number of imide groups is 1. The van der Waals surface area contributed by atoms with E-state index in [0.29, 0.717) is 24.0 Å². The lowest BCUT2D eigenvalue weighted by atomic mass is 9.91. The lowest BCUT2D eigenvalue weighted by molar-refractivity contribution is -0.142. The van der Waals surface area contributed by atoms with Crippen LogP contribution < -0.4 is 5.32 Å². The number of carboxylic acid groups (broad SMARTS) is 1. The van der Waals surface area contributed by atoms with E-state index in [0.717, 1.165) is 10.5 Å². The number of nitriles is 1. The van der Waals surface area contributed by atoms with Gasteiger partial charge in [-0.25, -0.2) is 4.79 Å². The Kier molecular flexibility index (Phi) is 2.69. The maximum Gasteiger partial charge on any atom is 0.325 e. The fraction of sp³-hybridized carbons (Fsp3) is 0.286. The van der Waals surface area contributed by atoms with Gasteiger partial charge in [0, 0.05) is 0 Å². The summed E-state index contributed by atoms with van der Waals surface area (Å²) >= 11 is 0. The number of hydrogen-bond donors (Lipinski definition) is 2. The average Bonchev–Trinajstić information content (AvgIpc) is 2.92. The van der Waals surface area contributed by atoms with Gasteiger partial charge in [-0.3, -0.25) is 14.5 Å². The number of hydrogen-bond acceptors (Lipinski definition) is 4. The number of carbonyl (C=O) groups excluding carboxylic acids is 2. The summed E-state index contributed by atoms with van der Waals surface area (Å²) < 4.78 is 0. The van der Waals surface area contributed by atoms with Gasteiger partial charge >= 0.3 is 12.0 Å². The number of amides is 3. The lowest BCUT2D eigenvalue weighted by Crippen LogP contribution is -2.42. The van der Waals surface area contributed by atoms with Crippen LogP contribution in [0.15, 0.2) is 18.2 Å². The van der Waals surface area contributed by atoms with Crippen molar-refractivity contribution < 1.29 is 19.5 Å². The Hall–Kier alpha value is -2.88. The van der Waals surface area contributed by atoms with Gasteiger partial charge in [0.25, 0.3) is 5.91 Å². The van der Waals surface area contributed by atoms with Gasteiger partial charge < -0.3 is 10.4 Å². The van der Waals surface area contributed by atoms with Gasteiger partial charge in [-0.05, 0) is 36.1 Å². The van der Waals surface area contributed by atoms with Gasteiger partial charge in [0.15, 0.2) is 0 Å². The number of aliphatic carboxylic acids is 1. The molecule has 7 heteroatoms. The Morgan fingerprint density at radius 1 is 1.48 bits per heavy atom. The van der Waals surface area contributed by atoms with E-state index < -0.39 is 30.0 Å². The van der Waals surface area contributed by atoms with Crippen molar-refractivity contribution in [2.24, 2.45) is 0 Å². The highest BCUT2D eigenvalue weighted by atomic mass is 16.4. The summed E-state index contributed by atoms with van der Waals surface area (Å²) in [5.74, 6) is -1.79. The smallest absolute Gasteiger partial charge is 0.325 e. The molecule has 1 aromatic rings.